The molecular formula is C12H22N2S. The Kier molecular flexibility index (Phi) is 8.19. The van der Waals surface area contributed by atoms with E-state index < -0.39 is 0 Å². The van der Waals surface area contributed by atoms with E-state index in [9.17, 15) is 0 Å². The van der Waals surface area contributed by atoms with Crippen LogP contribution in [0.1, 0.15) is 33.6 Å². The molecule has 0 rings (SSSR count). The Hall–Kier alpha value is -0.700. The highest BCUT2D eigenvalue weighted by molar-refractivity contribution is 7.97. The molecule has 0 heterocycles. The Labute approximate surface area is 98.3 Å². The summed E-state index contributed by atoms with van der Waals surface area (Å²) in [4.78, 5) is 4.41. The lowest BCUT2D eigenvalue weighted by Crippen LogP contribution is -2.16. The number of aliphatic imine (C=N–C) groups is 1. The SMILES string of the molecule is C=C(/C=C\CC)/N=C(/C)N(C)SCCC. The number of allylic oxidation sites excluding steroid dienone is 2. The molecule has 0 bridgehead atoms. The van der Waals surface area contributed by atoms with Crippen LogP contribution < -0.4 is 0 Å². The van der Waals surface area contributed by atoms with Gasteiger partial charge in [-0.15, -0.1) is 0 Å². The van der Waals surface area contributed by atoms with Gasteiger partial charge >= 0.3 is 0 Å². The zero-order chi connectivity index (χ0) is 11.7. The number of hydrogen-bond donors (Lipinski definition) is 0. The second-order valence-electron chi connectivity index (χ2n) is 3.29. The lowest BCUT2D eigenvalue weighted by atomic mass is 10.3. The zero-order valence-corrected chi connectivity index (χ0v) is 11.1. The van der Waals surface area contributed by atoms with Crippen LogP contribution in [0.5, 0.6) is 0 Å². The Morgan fingerprint density at radius 3 is 2.67 bits per heavy atom. The predicted molar refractivity (Wildman–Crippen MR) is 72.2 cm³/mol. The molecule has 0 aliphatic rings. The highest BCUT2D eigenvalue weighted by atomic mass is 32.2. The maximum atomic E-state index is 4.41. The van der Waals surface area contributed by atoms with E-state index >= 15 is 0 Å². The first kappa shape index (κ1) is 14.3. The minimum atomic E-state index is 0.818. The summed E-state index contributed by atoms with van der Waals surface area (Å²) in [6, 6.07) is 0. The van der Waals surface area contributed by atoms with Gasteiger partial charge in [0.05, 0.1) is 5.70 Å². The van der Waals surface area contributed by atoms with Gasteiger partial charge in [-0.1, -0.05) is 26.5 Å². The largest absolute Gasteiger partial charge is 0.307 e. The van der Waals surface area contributed by atoms with Crippen molar-refractivity contribution in [3.05, 3.63) is 24.4 Å². The van der Waals surface area contributed by atoms with Crippen LogP contribution in [-0.4, -0.2) is 22.9 Å². The van der Waals surface area contributed by atoms with Crippen molar-refractivity contribution in [3.63, 3.8) is 0 Å². The second-order valence-corrected chi connectivity index (χ2v) is 4.51. The molecule has 15 heavy (non-hydrogen) atoms. The number of amidine groups is 1. The average molecular weight is 226 g/mol. The number of rotatable bonds is 6. The third-order valence-corrected chi connectivity index (χ3v) is 3.04. The Bertz CT molecular complexity index is 244. The fourth-order valence-corrected chi connectivity index (χ4v) is 1.58. The highest BCUT2D eigenvalue weighted by Gasteiger charge is 2.00. The third kappa shape index (κ3) is 7.25. The summed E-state index contributed by atoms with van der Waals surface area (Å²) >= 11 is 1.79. The van der Waals surface area contributed by atoms with Gasteiger partial charge in [-0.05, 0) is 37.8 Å². The van der Waals surface area contributed by atoms with E-state index in [4.69, 9.17) is 0 Å². The van der Waals surface area contributed by atoms with Gasteiger partial charge in [-0.2, -0.15) is 0 Å². The molecule has 0 aromatic carbocycles. The summed E-state index contributed by atoms with van der Waals surface area (Å²) in [5.41, 5.74) is 0.818. The first-order valence-electron chi connectivity index (χ1n) is 5.39. The standard InChI is InChI=1S/C12H22N2S/c1-6-8-9-11(3)13-12(4)14(5)15-10-7-2/h8-9H,3,6-7,10H2,1-2,4-5H3/b9-8-,13-12-. The van der Waals surface area contributed by atoms with Crippen LogP contribution in [0.3, 0.4) is 0 Å². The molecule has 0 unspecified atom stereocenters. The van der Waals surface area contributed by atoms with Crippen molar-refractivity contribution in [1.82, 2.24) is 4.31 Å². The maximum absolute atomic E-state index is 4.41. The van der Waals surface area contributed by atoms with Crippen LogP contribution in [0, 0.1) is 0 Å². The van der Waals surface area contributed by atoms with E-state index in [1.807, 2.05) is 20.0 Å². The van der Waals surface area contributed by atoms with Crippen LogP contribution in [0.15, 0.2) is 29.4 Å². The molecule has 0 atom stereocenters. The summed E-state index contributed by atoms with van der Waals surface area (Å²) in [6.45, 7) is 10.2. The first-order chi connectivity index (χ1) is 7.11. The molecule has 0 radical (unpaired) electrons. The number of hydrogen-bond acceptors (Lipinski definition) is 2. The quantitative estimate of drug-likeness (QED) is 0.296. The summed E-state index contributed by atoms with van der Waals surface area (Å²) in [5.74, 6) is 2.12. The van der Waals surface area contributed by atoms with Gasteiger partial charge < -0.3 is 4.31 Å². The van der Waals surface area contributed by atoms with E-state index in [0.717, 1.165) is 23.7 Å². The fraction of sp³-hybridized carbons (Fsp3) is 0.583. The van der Waals surface area contributed by atoms with Crippen molar-refractivity contribution >= 4 is 17.8 Å². The van der Waals surface area contributed by atoms with Gasteiger partial charge in [0.2, 0.25) is 0 Å². The predicted octanol–water partition coefficient (Wildman–Crippen LogP) is 3.87. The summed E-state index contributed by atoms with van der Waals surface area (Å²) in [7, 11) is 2.04. The summed E-state index contributed by atoms with van der Waals surface area (Å²) in [6.07, 6.45) is 6.23. The topological polar surface area (TPSA) is 15.6 Å². The zero-order valence-electron chi connectivity index (χ0n) is 10.3. The van der Waals surface area contributed by atoms with Crippen molar-refractivity contribution in [3.8, 4) is 0 Å². The second kappa shape index (κ2) is 8.60. The maximum Gasteiger partial charge on any atom is 0.111 e. The van der Waals surface area contributed by atoms with Crippen molar-refractivity contribution in [1.29, 1.82) is 0 Å². The molecule has 0 aromatic heterocycles. The van der Waals surface area contributed by atoms with Crippen LogP contribution >= 0.6 is 11.9 Å². The van der Waals surface area contributed by atoms with Crippen molar-refractivity contribution in [2.24, 2.45) is 4.99 Å². The van der Waals surface area contributed by atoms with E-state index in [1.165, 1.54) is 6.42 Å². The molecular weight excluding hydrogens is 204 g/mol. The average Bonchev–Trinajstić information content (AvgIpc) is 2.22. The molecule has 0 aliphatic carbocycles. The van der Waals surface area contributed by atoms with Crippen LogP contribution in [0.25, 0.3) is 0 Å². The van der Waals surface area contributed by atoms with Gasteiger partial charge in [0.1, 0.15) is 5.84 Å². The lowest BCUT2D eigenvalue weighted by molar-refractivity contribution is 0.828. The number of nitrogens with zero attached hydrogens (tertiary/aromatic N) is 2. The molecule has 0 aromatic rings. The molecule has 2 nitrogen and oxygen atoms in total. The molecule has 0 saturated heterocycles. The normalized spacial score (nSPS) is 12.1. The minimum Gasteiger partial charge on any atom is -0.307 e. The van der Waals surface area contributed by atoms with Gasteiger partial charge in [0, 0.05) is 12.8 Å². The molecule has 0 N–H and O–H groups in total. The molecule has 0 amide bonds. The summed E-state index contributed by atoms with van der Waals surface area (Å²) in [5, 5.41) is 0. The molecule has 0 fully saturated rings. The first-order valence-corrected chi connectivity index (χ1v) is 6.33. The fourth-order valence-electron chi connectivity index (χ4n) is 0.891. The smallest absolute Gasteiger partial charge is 0.111 e. The van der Waals surface area contributed by atoms with E-state index in [2.05, 4.69) is 35.8 Å². The molecule has 0 aliphatic heterocycles. The Balaban J connectivity index is 4.16. The Morgan fingerprint density at radius 2 is 2.13 bits per heavy atom. The third-order valence-electron chi connectivity index (χ3n) is 1.80. The van der Waals surface area contributed by atoms with Crippen molar-refractivity contribution in [2.75, 3.05) is 12.8 Å². The molecule has 86 valence electrons. The lowest BCUT2D eigenvalue weighted by Gasteiger charge is -2.16. The van der Waals surface area contributed by atoms with Crippen molar-refractivity contribution < 1.29 is 0 Å². The summed E-state index contributed by atoms with van der Waals surface area (Å²) < 4.78 is 2.09. The monoisotopic (exact) mass is 226 g/mol. The minimum absolute atomic E-state index is 0.818. The molecule has 3 heteroatoms. The Morgan fingerprint density at radius 1 is 1.47 bits per heavy atom. The van der Waals surface area contributed by atoms with Gasteiger partial charge in [0.15, 0.2) is 0 Å². The molecule has 0 spiro atoms. The van der Waals surface area contributed by atoms with E-state index in [0.29, 0.717) is 0 Å². The van der Waals surface area contributed by atoms with E-state index in [1.54, 1.807) is 11.9 Å². The molecule has 0 saturated carbocycles. The van der Waals surface area contributed by atoms with Gasteiger partial charge in [0.25, 0.3) is 0 Å². The van der Waals surface area contributed by atoms with E-state index in [-0.39, 0.29) is 0 Å². The van der Waals surface area contributed by atoms with Crippen molar-refractivity contribution in [2.45, 2.75) is 33.6 Å². The van der Waals surface area contributed by atoms with Crippen LogP contribution in [0.4, 0.5) is 0 Å². The van der Waals surface area contributed by atoms with Crippen LogP contribution in [-0.2, 0) is 0 Å². The van der Waals surface area contributed by atoms with Crippen LogP contribution in [0.2, 0.25) is 0 Å². The highest BCUT2D eigenvalue weighted by Crippen LogP contribution is 2.10. The van der Waals surface area contributed by atoms with Gasteiger partial charge in [-0.3, -0.25) is 0 Å². The van der Waals surface area contributed by atoms with Gasteiger partial charge in [-0.25, -0.2) is 4.99 Å².